The molecule has 0 fully saturated rings. The molecule has 0 spiro atoms. The Morgan fingerprint density at radius 1 is 1.35 bits per heavy atom. The number of ether oxygens (including phenoxy) is 1. The second-order valence-electron chi connectivity index (χ2n) is 5.01. The molecule has 1 N–H and O–H groups in total. The quantitative estimate of drug-likeness (QED) is 0.468. The third kappa shape index (κ3) is 4.27. The Morgan fingerprint density at radius 3 is 2.81 bits per heavy atom. The van der Waals surface area contributed by atoms with Crippen LogP contribution >= 0.6 is 23.1 Å². The number of aromatic nitrogens is 5. The Kier molecular flexibility index (Phi) is 5.97. The Bertz CT molecular complexity index is 877. The van der Waals surface area contributed by atoms with Crippen LogP contribution in [0.4, 0.5) is 5.13 Å². The highest BCUT2D eigenvalue weighted by molar-refractivity contribution is 7.99. The fourth-order valence-corrected chi connectivity index (χ4v) is 3.36. The van der Waals surface area contributed by atoms with Crippen molar-refractivity contribution in [3.05, 3.63) is 42.4 Å². The van der Waals surface area contributed by atoms with E-state index in [1.54, 1.807) is 18.7 Å². The summed E-state index contributed by atoms with van der Waals surface area (Å²) in [6.07, 6.45) is 1.77. The summed E-state index contributed by atoms with van der Waals surface area (Å²) in [7, 11) is 1.62. The van der Waals surface area contributed by atoms with E-state index in [1.165, 1.54) is 23.1 Å². The number of allylic oxidation sites excluding steroid dienone is 1. The number of carbonyl (C=O) groups excluding carboxylic acids is 1. The Hall–Kier alpha value is -2.72. The maximum absolute atomic E-state index is 12.0. The number of methoxy groups -OCH3 is 1. The first-order valence-corrected chi connectivity index (χ1v) is 9.45. The minimum absolute atomic E-state index is 0.175. The molecule has 1 aromatic carbocycles. The lowest BCUT2D eigenvalue weighted by atomic mass is 10.2. The van der Waals surface area contributed by atoms with Crippen LogP contribution in [-0.2, 0) is 11.3 Å². The monoisotopic (exact) mass is 388 g/mol. The van der Waals surface area contributed by atoms with Gasteiger partial charge in [-0.3, -0.25) is 14.7 Å². The molecule has 0 saturated heterocycles. The van der Waals surface area contributed by atoms with Gasteiger partial charge in [-0.25, -0.2) is 0 Å². The van der Waals surface area contributed by atoms with Gasteiger partial charge in [-0.2, -0.15) is 0 Å². The molecule has 0 atom stereocenters. The van der Waals surface area contributed by atoms with Gasteiger partial charge in [-0.05, 0) is 24.3 Å². The number of amides is 1. The van der Waals surface area contributed by atoms with Gasteiger partial charge in [-0.1, -0.05) is 29.2 Å². The first kappa shape index (κ1) is 18.1. The van der Waals surface area contributed by atoms with E-state index in [1.807, 2.05) is 28.8 Å². The largest absolute Gasteiger partial charge is 0.497 e. The second-order valence-corrected chi connectivity index (χ2v) is 6.79. The average molecular weight is 388 g/mol. The Balaban J connectivity index is 1.73. The molecule has 2 heterocycles. The Morgan fingerprint density at radius 2 is 2.15 bits per heavy atom. The van der Waals surface area contributed by atoms with Gasteiger partial charge >= 0.3 is 0 Å². The van der Waals surface area contributed by atoms with E-state index >= 15 is 0 Å². The number of thioether (sulfide) groups is 1. The Labute approximate surface area is 158 Å². The van der Waals surface area contributed by atoms with Crippen LogP contribution in [0, 0.1) is 0 Å². The van der Waals surface area contributed by atoms with Crippen molar-refractivity contribution in [2.24, 2.45) is 0 Å². The molecular weight excluding hydrogens is 372 g/mol. The van der Waals surface area contributed by atoms with Crippen molar-refractivity contribution < 1.29 is 9.53 Å². The third-order valence-electron chi connectivity index (χ3n) is 3.32. The fourth-order valence-electron chi connectivity index (χ4n) is 2.16. The van der Waals surface area contributed by atoms with Crippen molar-refractivity contribution in [1.29, 1.82) is 0 Å². The van der Waals surface area contributed by atoms with Gasteiger partial charge < -0.3 is 4.74 Å². The molecular formula is C16H16N6O2S2. The highest BCUT2D eigenvalue weighted by Crippen LogP contribution is 2.25. The van der Waals surface area contributed by atoms with Crippen LogP contribution in [0.3, 0.4) is 0 Å². The summed E-state index contributed by atoms with van der Waals surface area (Å²) in [5.74, 6) is 1.49. The predicted octanol–water partition coefficient (Wildman–Crippen LogP) is 2.72. The van der Waals surface area contributed by atoms with E-state index < -0.39 is 0 Å². The summed E-state index contributed by atoms with van der Waals surface area (Å²) in [5.41, 5.74) is 2.47. The average Bonchev–Trinajstić information content (AvgIpc) is 3.30. The normalized spacial score (nSPS) is 10.5. The summed E-state index contributed by atoms with van der Waals surface area (Å²) < 4.78 is 7.09. The molecule has 10 heteroatoms. The molecule has 134 valence electrons. The zero-order valence-corrected chi connectivity index (χ0v) is 15.6. The minimum atomic E-state index is -0.175. The lowest BCUT2D eigenvalue weighted by Gasteiger charge is -2.08. The number of carbonyl (C=O) groups is 1. The van der Waals surface area contributed by atoms with Crippen molar-refractivity contribution in [2.75, 3.05) is 18.2 Å². The highest BCUT2D eigenvalue weighted by atomic mass is 32.2. The van der Waals surface area contributed by atoms with Crippen LogP contribution < -0.4 is 10.1 Å². The van der Waals surface area contributed by atoms with Gasteiger partial charge in [0.2, 0.25) is 11.0 Å². The summed E-state index contributed by atoms with van der Waals surface area (Å²) in [5, 5.41) is 19.8. The van der Waals surface area contributed by atoms with Crippen molar-refractivity contribution in [3.8, 4) is 17.1 Å². The predicted molar refractivity (Wildman–Crippen MR) is 101 cm³/mol. The highest BCUT2D eigenvalue weighted by Gasteiger charge is 2.15. The molecule has 3 rings (SSSR count). The topological polar surface area (TPSA) is 94.8 Å². The van der Waals surface area contributed by atoms with E-state index in [9.17, 15) is 4.79 Å². The first-order chi connectivity index (χ1) is 12.7. The molecule has 0 unspecified atom stereocenters. The van der Waals surface area contributed by atoms with Gasteiger partial charge in [0.05, 0.1) is 12.9 Å². The molecule has 0 bridgehead atoms. The van der Waals surface area contributed by atoms with E-state index in [-0.39, 0.29) is 11.7 Å². The lowest BCUT2D eigenvalue weighted by Crippen LogP contribution is -2.14. The molecule has 0 aliphatic rings. The molecule has 8 nitrogen and oxygen atoms in total. The minimum Gasteiger partial charge on any atom is -0.497 e. The second kappa shape index (κ2) is 8.59. The molecule has 1 amide bonds. The summed E-state index contributed by atoms with van der Waals surface area (Å²) in [4.78, 5) is 12.0. The van der Waals surface area contributed by atoms with Crippen molar-refractivity contribution in [3.63, 3.8) is 0 Å². The molecule has 0 aliphatic carbocycles. The summed E-state index contributed by atoms with van der Waals surface area (Å²) in [6, 6.07) is 7.56. The number of hydrogen-bond donors (Lipinski definition) is 1. The van der Waals surface area contributed by atoms with E-state index in [0.29, 0.717) is 22.7 Å². The molecule has 3 aromatic rings. The van der Waals surface area contributed by atoms with Gasteiger partial charge in [0, 0.05) is 12.1 Å². The smallest absolute Gasteiger partial charge is 0.236 e. The third-order valence-corrected chi connectivity index (χ3v) is 4.89. The zero-order chi connectivity index (χ0) is 18.4. The fraction of sp³-hybridized carbons (Fsp3) is 0.188. The van der Waals surface area contributed by atoms with Gasteiger partial charge in [0.15, 0.2) is 11.0 Å². The zero-order valence-electron chi connectivity index (χ0n) is 14.0. The van der Waals surface area contributed by atoms with Gasteiger partial charge in [0.1, 0.15) is 11.3 Å². The summed E-state index contributed by atoms with van der Waals surface area (Å²) >= 11 is 2.57. The van der Waals surface area contributed by atoms with E-state index in [0.717, 1.165) is 11.3 Å². The molecule has 0 aliphatic heterocycles. The van der Waals surface area contributed by atoms with Crippen LogP contribution in [0.15, 0.2) is 47.6 Å². The van der Waals surface area contributed by atoms with Crippen molar-refractivity contribution in [2.45, 2.75) is 11.7 Å². The maximum atomic E-state index is 12.0. The molecule has 0 saturated carbocycles. The first-order valence-electron chi connectivity index (χ1n) is 7.58. The van der Waals surface area contributed by atoms with Crippen LogP contribution in [0.5, 0.6) is 5.75 Å². The molecule has 0 radical (unpaired) electrons. The number of nitrogens with one attached hydrogen (secondary N) is 1. The number of anilines is 1. The van der Waals surface area contributed by atoms with Crippen LogP contribution in [0.2, 0.25) is 0 Å². The number of rotatable bonds is 8. The maximum Gasteiger partial charge on any atom is 0.236 e. The van der Waals surface area contributed by atoms with Gasteiger partial charge in [0.25, 0.3) is 0 Å². The van der Waals surface area contributed by atoms with E-state index in [4.69, 9.17) is 4.74 Å². The van der Waals surface area contributed by atoms with Crippen molar-refractivity contribution >= 4 is 34.1 Å². The van der Waals surface area contributed by atoms with Gasteiger partial charge in [-0.15, -0.1) is 27.0 Å². The SMILES string of the molecule is C=CCn1c(SCC(=O)Nc2nncs2)nnc1-c1ccc(OC)cc1. The van der Waals surface area contributed by atoms with Crippen LogP contribution in [-0.4, -0.2) is 43.7 Å². The standard InChI is InChI=1S/C16H16N6O2S2/c1-3-8-22-14(11-4-6-12(24-2)7-5-11)19-21-16(22)25-9-13(23)18-15-20-17-10-26-15/h3-7,10H,1,8-9H2,2H3,(H,18,20,23). The van der Waals surface area contributed by atoms with Crippen LogP contribution in [0.25, 0.3) is 11.4 Å². The molecule has 26 heavy (non-hydrogen) atoms. The van der Waals surface area contributed by atoms with Crippen molar-refractivity contribution in [1.82, 2.24) is 25.0 Å². The number of nitrogens with zero attached hydrogens (tertiary/aromatic N) is 5. The summed E-state index contributed by atoms with van der Waals surface area (Å²) in [6.45, 7) is 4.32. The number of benzene rings is 1. The van der Waals surface area contributed by atoms with Crippen LogP contribution in [0.1, 0.15) is 0 Å². The van der Waals surface area contributed by atoms with E-state index in [2.05, 4.69) is 32.3 Å². The molecule has 2 aromatic heterocycles. The number of hydrogen-bond acceptors (Lipinski definition) is 8. The lowest BCUT2D eigenvalue weighted by molar-refractivity contribution is -0.113.